The molecular weight excluding hydrogens is 324 g/mol. The summed E-state index contributed by atoms with van der Waals surface area (Å²) in [4.78, 5) is 0.906. The number of aryl methyl sites for hydroxylation is 1. The van der Waals surface area contributed by atoms with Crippen molar-refractivity contribution >= 4 is 37.7 Å². The van der Waals surface area contributed by atoms with Gasteiger partial charge in [0.15, 0.2) is 0 Å². The topological polar surface area (TPSA) is 30.2 Å². The molecular formula is C15H17BrO2S. The van der Waals surface area contributed by atoms with Crippen LogP contribution < -0.4 is 0 Å². The van der Waals surface area contributed by atoms with E-state index < -0.39 is 10.8 Å². The van der Waals surface area contributed by atoms with E-state index >= 15 is 0 Å². The van der Waals surface area contributed by atoms with Crippen molar-refractivity contribution in [3.63, 3.8) is 0 Å². The molecule has 2 aromatic rings. The van der Waals surface area contributed by atoms with E-state index in [1.54, 1.807) is 0 Å². The minimum atomic E-state index is -0.948. The van der Waals surface area contributed by atoms with Gasteiger partial charge in [0.2, 0.25) is 0 Å². The largest absolute Gasteiger partial charge is 0.460 e. The molecule has 1 aromatic carbocycles. The molecule has 0 radical (unpaired) electrons. The van der Waals surface area contributed by atoms with Gasteiger partial charge < -0.3 is 4.42 Å². The maximum Gasteiger partial charge on any atom is 0.135 e. The third-order valence-electron chi connectivity index (χ3n) is 3.83. The van der Waals surface area contributed by atoms with Crippen molar-refractivity contribution in [1.29, 1.82) is 0 Å². The van der Waals surface area contributed by atoms with E-state index in [2.05, 4.69) is 15.9 Å². The van der Waals surface area contributed by atoms with E-state index in [1.165, 1.54) is 19.3 Å². The van der Waals surface area contributed by atoms with Crippen LogP contribution in [0.3, 0.4) is 0 Å². The summed E-state index contributed by atoms with van der Waals surface area (Å²) in [6.07, 6.45) is 5.84. The van der Waals surface area contributed by atoms with Crippen molar-refractivity contribution in [2.45, 2.75) is 49.2 Å². The third kappa shape index (κ3) is 2.52. The summed E-state index contributed by atoms with van der Waals surface area (Å²) in [5, 5.41) is 1.29. The number of fused-ring (bicyclic) bond motifs is 1. The number of benzene rings is 1. The predicted octanol–water partition coefficient (Wildman–Crippen LogP) is 4.94. The number of halogens is 1. The zero-order chi connectivity index (χ0) is 13.4. The molecule has 102 valence electrons. The smallest absolute Gasteiger partial charge is 0.135 e. The summed E-state index contributed by atoms with van der Waals surface area (Å²) in [6, 6.07) is 5.91. The van der Waals surface area contributed by atoms with E-state index in [0.29, 0.717) is 5.25 Å². The lowest BCUT2D eigenvalue weighted by atomic mass is 10.0. The molecule has 0 aliphatic heterocycles. The van der Waals surface area contributed by atoms with Gasteiger partial charge in [0.1, 0.15) is 11.3 Å². The maximum absolute atomic E-state index is 12.8. The Kier molecular flexibility index (Phi) is 3.81. The first-order valence-corrected chi connectivity index (χ1v) is 8.76. The lowest BCUT2D eigenvalue weighted by molar-refractivity contribution is 0.503. The monoisotopic (exact) mass is 340 g/mol. The summed E-state index contributed by atoms with van der Waals surface area (Å²) in [6.45, 7) is 1.92. The van der Waals surface area contributed by atoms with Crippen LogP contribution in [0.25, 0.3) is 11.0 Å². The molecule has 0 N–H and O–H groups in total. The van der Waals surface area contributed by atoms with Crippen LogP contribution in [0.4, 0.5) is 0 Å². The van der Waals surface area contributed by atoms with Crippen molar-refractivity contribution in [1.82, 2.24) is 0 Å². The number of hydrogen-bond donors (Lipinski definition) is 0. The van der Waals surface area contributed by atoms with Gasteiger partial charge in [-0.1, -0.05) is 35.2 Å². The molecule has 1 aliphatic rings. The molecule has 2 nitrogen and oxygen atoms in total. The van der Waals surface area contributed by atoms with E-state index in [-0.39, 0.29) is 0 Å². The second-order valence-corrected chi connectivity index (χ2v) is 7.77. The lowest BCUT2D eigenvalue weighted by Gasteiger charge is -2.20. The minimum absolute atomic E-state index is 0.298. The normalized spacial score (nSPS) is 18.8. The first kappa shape index (κ1) is 13.4. The standard InChI is InChI=1S/C15H17BrO2S/c1-10-15(19(17)12-5-3-2-4-6-12)13-9-11(16)7-8-14(13)18-10/h7-9,12H,2-6H2,1H3/t19-/m0/s1. The second kappa shape index (κ2) is 5.41. The van der Waals surface area contributed by atoms with Crippen LogP contribution in [0.1, 0.15) is 37.9 Å². The zero-order valence-electron chi connectivity index (χ0n) is 10.9. The quantitative estimate of drug-likeness (QED) is 0.774. The lowest BCUT2D eigenvalue weighted by Crippen LogP contribution is -2.18. The molecule has 1 aliphatic carbocycles. The van der Waals surface area contributed by atoms with Crippen molar-refractivity contribution in [2.24, 2.45) is 0 Å². The van der Waals surface area contributed by atoms with E-state index in [1.807, 2.05) is 25.1 Å². The van der Waals surface area contributed by atoms with Gasteiger partial charge in [-0.25, -0.2) is 0 Å². The Morgan fingerprint density at radius 3 is 2.74 bits per heavy atom. The van der Waals surface area contributed by atoms with E-state index in [9.17, 15) is 4.21 Å². The van der Waals surface area contributed by atoms with Crippen LogP contribution in [0.15, 0.2) is 32.0 Å². The van der Waals surface area contributed by atoms with Gasteiger partial charge in [-0.05, 0) is 38.0 Å². The molecule has 1 atom stereocenters. The molecule has 1 fully saturated rings. The SMILES string of the molecule is Cc1oc2ccc(Br)cc2c1[S@@](=O)C1CCCCC1. The van der Waals surface area contributed by atoms with Gasteiger partial charge in [0.05, 0.1) is 15.7 Å². The Hall–Kier alpha value is -0.610. The fourth-order valence-electron chi connectivity index (χ4n) is 2.87. The van der Waals surface area contributed by atoms with E-state index in [0.717, 1.165) is 38.9 Å². The maximum atomic E-state index is 12.8. The molecule has 0 unspecified atom stereocenters. The molecule has 0 bridgehead atoms. The summed E-state index contributed by atoms with van der Waals surface area (Å²) >= 11 is 3.48. The van der Waals surface area contributed by atoms with E-state index in [4.69, 9.17) is 4.42 Å². The Morgan fingerprint density at radius 1 is 1.26 bits per heavy atom. The highest BCUT2D eigenvalue weighted by atomic mass is 79.9. The van der Waals surface area contributed by atoms with Gasteiger partial charge in [-0.2, -0.15) is 0 Å². The van der Waals surface area contributed by atoms with Gasteiger partial charge in [-0.3, -0.25) is 4.21 Å². The summed E-state index contributed by atoms with van der Waals surface area (Å²) in [5.41, 5.74) is 0.833. The Bertz CT molecular complexity index is 626. The highest BCUT2D eigenvalue weighted by Crippen LogP contribution is 2.34. The van der Waals surface area contributed by atoms with Crippen LogP contribution in [0, 0.1) is 6.92 Å². The molecule has 3 rings (SSSR count). The fourth-order valence-corrected chi connectivity index (χ4v) is 5.02. The number of hydrogen-bond acceptors (Lipinski definition) is 2. The van der Waals surface area contributed by atoms with Gasteiger partial charge in [-0.15, -0.1) is 0 Å². The molecule has 1 aromatic heterocycles. The van der Waals surface area contributed by atoms with Gasteiger partial charge in [0.25, 0.3) is 0 Å². The highest BCUT2D eigenvalue weighted by molar-refractivity contribution is 9.10. The van der Waals surface area contributed by atoms with Crippen LogP contribution in [0.2, 0.25) is 0 Å². The van der Waals surface area contributed by atoms with Gasteiger partial charge in [0, 0.05) is 15.1 Å². The Labute approximate surface area is 124 Å². The number of rotatable bonds is 2. The average Bonchev–Trinajstić information content (AvgIpc) is 2.74. The van der Waals surface area contributed by atoms with Crippen LogP contribution in [-0.4, -0.2) is 9.46 Å². The Balaban J connectivity index is 2.05. The fraction of sp³-hybridized carbons (Fsp3) is 0.467. The molecule has 4 heteroatoms. The molecule has 0 spiro atoms. The van der Waals surface area contributed by atoms with Crippen molar-refractivity contribution in [3.8, 4) is 0 Å². The van der Waals surface area contributed by atoms with Crippen LogP contribution in [0.5, 0.6) is 0 Å². The van der Waals surface area contributed by atoms with Crippen LogP contribution >= 0.6 is 15.9 Å². The van der Waals surface area contributed by atoms with Crippen molar-refractivity contribution in [3.05, 3.63) is 28.4 Å². The summed E-state index contributed by atoms with van der Waals surface area (Å²) in [5.74, 6) is 0.803. The molecule has 1 heterocycles. The average molecular weight is 341 g/mol. The molecule has 0 amide bonds. The van der Waals surface area contributed by atoms with Crippen molar-refractivity contribution < 1.29 is 8.63 Å². The predicted molar refractivity (Wildman–Crippen MR) is 81.9 cm³/mol. The second-order valence-electron chi connectivity index (χ2n) is 5.19. The molecule has 0 saturated heterocycles. The number of furan rings is 1. The summed E-state index contributed by atoms with van der Waals surface area (Å²) in [7, 11) is -0.948. The first-order valence-electron chi connectivity index (χ1n) is 6.76. The minimum Gasteiger partial charge on any atom is -0.460 e. The Morgan fingerprint density at radius 2 is 2.00 bits per heavy atom. The van der Waals surface area contributed by atoms with Crippen LogP contribution in [-0.2, 0) is 10.8 Å². The summed E-state index contributed by atoms with van der Waals surface area (Å²) < 4.78 is 19.6. The first-order chi connectivity index (χ1) is 9.16. The van der Waals surface area contributed by atoms with Crippen molar-refractivity contribution in [2.75, 3.05) is 0 Å². The molecule has 19 heavy (non-hydrogen) atoms. The zero-order valence-corrected chi connectivity index (χ0v) is 13.4. The van der Waals surface area contributed by atoms with Gasteiger partial charge >= 0.3 is 0 Å². The third-order valence-corrected chi connectivity index (χ3v) is 6.31. The molecule has 1 saturated carbocycles. The highest BCUT2D eigenvalue weighted by Gasteiger charge is 2.26.